The van der Waals surface area contributed by atoms with Gasteiger partial charge in [-0.15, -0.1) is 0 Å². The van der Waals surface area contributed by atoms with Gasteiger partial charge in [0.05, 0.1) is 13.2 Å². The van der Waals surface area contributed by atoms with E-state index in [-0.39, 0.29) is 5.79 Å². The van der Waals surface area contributed by atoms with Crippen molar-refractivity contribution in [3.63, 3.8) is 0 Å². The number of ether oxygens (including phenoxy) is 2. The van der Waals surface area contributed by atoms with Gasteiger partial charge < -0.3 is 9.47 Å². The summed E-state index contributed by atoms with van der Waals surface area (Å²) in [4.78, 5) is 0. The van der Waals surface area contributed by atoms with Crippen LogP contribution in [0.1, 0.15) is 26.2 Å². The SMILES string of the molecule is CC=CC1=CC2CC3(CC2C1)OCCO3. The first-order chi connectivity index (χ1) is 7.31. The van der Waals surface area contributed by atoms with Gasteiger partial charge in [-0.25, -0.2) is 0 Å². The highest BCUT2D eigenvalue weighted by molar-refractivity contribution is 5.27. The molecule has 0 aromatic carbocycles. The van der Waals surface area contributed by atoms with Crippen LogP contribution >= 0.6 is 0 Å². The maximum absolute atomic E-state index is 5.76. The summed E-state index contributed by atoms with van der Waals surface area (Å²) in [5, 5.41) is 0. The summed E-state index contributed by atoms with van der Waals surface area (Å²) < 4.78 is 11.5. The minimum Gasteiger partial charge on any atom is -0.348 e. The van der Waals surface area contributed by atoms with Crippen molar-refractivity contribution in [1.29, 1.82) is 0 Å². The van der Waals surface area contributed by atoms with E-state index in [4.69, 9.17) is 9.47 Å². The molecule has 0 N–H and O–H groups in total. The molecule has 0 bridgehead atoms. The molecule has 0 aromatic heterocycles. The van der Waals surface area contributed by atoms with Gasteiger partial charge in [0.25, 0.3) is 0 Å². The van der Waals surface area contributed by atoms with Gasteiger partial charge in [-0.2, -0.15) is 0 Å². The Hall–Kier alpha value is -0.600. The lowest BCUT2D eigenvalue weighted by atomic mass is 9.99. The van der Waals surface area contributed by atoms with Crippen LogP contribution in [0.5, 0.6) is 0 Å². The fourth-order valence-electron chi connectivity index (χ4n) is 3.29. The number of hydrogen-bond acceptors (Lipinski definition) is 2. The van der Waals surface area contributed by atoms with Crippen molar-refractivity contribution < 1.29 is 9.47 Å². The van der Waals surface area contributed by atoms with E-state index >= 15 is 0 Å². The van der Waals surface area contributed by atoms with Crippen molar-refractivity contribution in [2.45, 2.75) is 32.0 Å². The van der Waals surface area contributed by atoms with Gasteiger partial charge in [-0.3, -0.25) is 0 Å². The van der Waals surface area contributed by atoms with E-state index in [1.807, 2.05) is 0 Å². The van der Waals surface area contributed by atoms with E-state index < -0.39 is 0 Å². The first-order valence-electron chi connectivity index (χ1n) is 5.93. The summed E-state index contributed by atoms with van der Waals surface area (Å²) in [6, 6.07) is 0. The van der Waals surface area contributed by atoms with Crippen LogP contribution in [0.4, 0.5) is 0 Å². The summed E-state index contributed by atoms with van der Waals surface area (Å²) in [5.41, 5.74) is 1.50. The summed E-state index contributed by atoms with van der Waals surface area (Å²) in [7, 11) is 0. The molecule has 1 heterocycles. The van der Waals surface area contributed by atoms with E-state index in [0.29, 0.717) is 5.92 Å². The van der Waals surface area contributed by atoms with E-state index in [1.54, 1.807) is 0 Å². The predicted molar refractivity (Wildman–Crippen MR) is 58.4 cm³/mol. The number of hydrogen-bond donors (Lipinski definition) is 0. The van der Waals surface area contributed by atoms with Crippen LogP contribution in [-0.2, 0) is 9.47 Å². The largest absolute Gasteiger partial charge is 0.348 e. The normalized spacial score (nSPS) is 37.8. The van der Waals surface area contributed by atoms with E-state index in [2.05, 4.69) is 25.2 Å². The maximum atomic E-state index is 5.76. The van der Waals surface area contributed by atoms with Crippen LogP contribution in [-0.4, -0.2) is 19.0 Å². The molecule has 0 aromatic rings. The van der Waals surface area contributed by atoms with Crippen molar-refractivity contribution >= 4 is 0 Å². The first kappa shape index (κ1) is 9.61. The van der Waals surface area contributed by atoms with Gasteiger partial charge in [-0.05, 0) is 25.2 Å². The third-order valence-corrected chi connectivity index (χ3v) is 3.85. The van der Waals surface area contributed by atoms with Crippen LogP contribution in [0.15, 0.2) is 23.8 Å². The fraction of sp³-hybridized carbons (Fsp3) is 0.692. The zero-order valence-electron chi connectivity index (χ0n) is 9.24. The highest BCUT2D eigenvalue weighted by atomic mass is 16.7. The average molecular weight is 206 g/mol. The van der Waals surface area contributed by atoms with Crippen molar-refractivity contribution in [2.75, 3.05) is 13.2 Å². The number of fused-ring (bicyclic) bond motifs is 1. The molecule has 2 atom stereocenters. The van der Waals surface area contributed by atoms with Crippen molar-refractivity contribution in [3.8, 4) is 0 Å². The first-order valence-corrected chi connectivity index (χ1v) is 5.93. The number of rotatable bonds is 1. The molecule has 82 valence electrons. The zero-order chi connectivity index (χ0) is 10.3. The quantitative estimate of drug-likeness (QED) is 0.656. The second kappa shape index (κ2) is 3.46. The van der Waals surface area contributed by atoms with Crippen molar-refractivity contribution in [2.24, 2.45) is 11.8 Å². The van der Waals surface area contributed by atoms with E-state index in [9.17, 15) is 0 Å². The lowest BCUT2D eigenvalue weighted by molar-refractivity contribution is -0.153. The van der Waals surface area contributed by atoms with Crippen LogP contribution in [0.3, 0.4) is 0 Å². The minimum absolute atomic E-state index is 0.201. The molecule has 2 aliphatic carbocycles. The molecule has 2 nitrogen and oxygen atoms in total. The summed E-state index contributed by atoms with van der Waals surface area (Å²) >= 11 is 0. The molecule has 2 heteroatoms. The van der Waals surface area contributed by atoms with Crippen LogP contribution < -0.4 is 0 Å². The fourth-order valence-corrected chi connectivity index (χ4v) is 3.29. The Morgan fingerprint density at radius 2 is 2.13 bits per heavy atom. The highest BCUT2D eigenvalue weighted by Gasteiger charge is 2.50. The summed E-state index contributed by atoms with van der Waals surface area (Å²) in [6.07, 6.45) is 10.2. The second-order valence-electron chi connectivity index (χ2n) is 4.89. The summed E-state index contributed by atoms with van der Waals surface area (Å²) in [5.74, 6) is 1.25. The molecule has 15 heavy (non-hydrogen) atoms. The molecule has 2 fully saturated rings. The standard InChI is InChI=1S/C13H18O2/c1-2-3-10-6-11-8-13(9-12(11)7-10)14-4-5-15-13/h2-3,6,11-12H,4-5,7-9H2,1H3. The van der Waals surface area contributed by atoms with E-state index in [1.165, 1.54) is 12.0 Å². The molecular weight excluding hydrogens is 188 g/mol. The van der Waals surface area contributed by atoms with Gasteiger partial charge in [0.2, 0.25) is 0 Å². The molecule has 0 amide bonds. The maximum Gasteiger partial charge on any atom is 0.169 e. The third kappa shape index (κ3) is 1.56. The zero-order valence-corrected chi connectivity index (χ0v) is 9.24. The Kier molecular flexibility index (Phi) is 2.22. The molecule has 0 radical (unpaired) electrons. The van der Waals surface area contributed by atoms with Gasteiger partial charge in [0.15, 0.2) is 5.79 Å². The van der Waals surface area contributed by atoms with Gasteiger partial charge >= 0.3 is 0 Å². The molecule has 2 unspecified atom stereocenters. The van der Waals surface area contributed by atoms with E-state index in [0.717, 1.165) is 32.0 Å². The molecule has 1 saturated carbocycles. The molecular formula is C13H18O2. The smallest absolute Gasteiger partial charge is 0.169 e. The lowest BCUT2D eigenvalue weighted by Gasteiger charge is -2.22. The minimum atomic E-state index is -0.201. The topological polar surface area (TPSA) is 18.5 Å². The van der Waals surface area contributed by atoms with Gasteiger partial charge in [0, 0.05) is 12.8 Å². The Morgan fingerprint density at radius 1 is 1.33 bits per heavy atom. The Balaban J connectivity index is 1.73. The summed E-state index contributed by atoms with van der Waals surface area (Å²) in [6.45, 7) is 3.65. The third-order valence-electron chi connectivity index (χ3n) is 3.85. The second-order valence-corrected chi connectivity index (χ2v) is 4.89. The highest BCUT2D eigenvalue weighted by Crippen LogP contribution is 2.51. The molecule has 1 saturated heterocycles. The molecule has 1 aliphatic heterocycles. The van der Waals surface area contributed by atoms with Crippen LogP contribution in [0.25, 0.3) is 0 Å². The average Bonchev–Trinajstić information content (AvgIpc) is 2.83. The Morgan fingerprint density at radius 3 is 2.80 bits per heavy atom. The van der Waals surface area contributed by atoms with Crippen molar-refractivity contribution in [3.05, 3.63) is 23.8 Å². The van der Waals surface area contributed by atoms with Crippen LogP contribution in [0, 0.1) is 11.8 Å². The van der Waals surface area contributed by atoms with Crippen molar-refractivity contribution in [1.82, 2.24) is 0 Å². The molecule has 3 aliphatic rings. The number of allylic oxidation sites excluding steroid dienone is 4. The molecule has 3 rings (SSSR count). The Labute approximate surface area is 90.9 Å². The lowest BCUT2D eigenvalue weighted by Crippen LogP contribution is -2.26. The predicted octanol–water partition coefficient (Wildman–Crippen LogP) is 2.66. The van der Waals surface area contributed by atoms with Crippen LogP contribution in [0.2, 0.25) is 0 Å². The van der Waals surface area contributed by atoms with Gasteiger partial charge in [0.1, 0.15) is 0 Å². The Bertz CT molecular complexity index is 310. The monoisotopic (exact) mass is 206 g/mol. The van der Waals surface area contributed by atoms with Gasteiger partial charge in [-0.1, -0.05) is 23.8 Å². The molecule has 1 spiro atoms.